The molecule has 1 atom stereocenters. The van der Waals surface area contributed by atoms with Gasteiger partial charge in [0.1, 0.15) is 0 Å². The van der Waals surface area contributed by atoms with Crippen LogP contribution < -0.4 is 9.80 Å². The molecule has 0 N–H and O–H groups in total. The second kappa shape index (κ2) is 19.7. The van der Waals surface area contributed by atoms with Crippen molar-refractivity contribution in [2.45, 2.75) is 27.2 Å². The van der Waals surface area contributed by atoms with Crippen molar-refractivity contribution in [1.29, 1.82) is 0 Å². The molecular weight excluding hydrogens is 821 g/mol. The largest absolute Gasteiger partial charge is 0.311 e. The minimum absolute atomic E-state index is 0.261. The molecule has 0 bridgehead atoms. The third-order valence-electron chi connectivity index (χ3n) is 13.3. The molecule has 2 nitrogen and oxygen atoms in total. The molecule has 0 amide bonds. The molecule has 0 aliphatic heterocycles. The van der Waals surface area contributed by atoms with E-state index >= 15 is 0 Å². The van der Waals surface area contributed by atoms with Crippen molar-refractivity contribution in [3.05, 3.63) is 289 Å². The number of allylic oxidation sites excluding steroid dienone is 5. The number of anilines is 6. The number of para-hydroxylation sites is 4. The molecule has 0 spiro atoms. The standard InChI is InChI=1S/C66H56N2/c1-49(2)50-45-47-66(3,48-46-50)65(57-35-31-52(32-36-57)54-39-43-63(44-40-54)68(60-25-15-7-16-26-60)61-27-17-8-18-28-61)64(55-19-9-4-10-20-55)56-33-29-51(30-34-56)53-37-41-62(42-38-53)67(58-21-11-5-12-22-58)59-23-13-6-14-24-59/h4-47,49H,48H2,1-3H3/b65-64+. The maximum absolute atomic E-state index is 2.46. The predicted molar refractivity (Wildman–Crippen MR) is 290 cm³/mol. The average molecular weight is 877 g/mol. The summed E-state index contributed by atoms with van der Waals surface area (Å²) in [6, 6.07) is 89.7. The zero-order chi connectivity index (χ0) is 46.3. The topological polar surface area (TPSA) is 6.48 Å². The van der Waals surface area contributed by atoms with Crippen molar-refractivity contribution in [3.63, 3.8) is 0 Å². The smallest absolute Gasteiger partial charge is 0.0462 e. The van der Waals surface area contributed by atoms with Crippen LogP contribution >= 0.6 is 0 Å². The van der Waals surface area contributed by atoms with Crippen molar-refractivity contribution >= 4 is 45.3 Å². The fourth-order valence-electron chi connectivity index (χ4n) is 9.65. The Bertz CT molecular complexity index is 3080. The van der Waals surface area contributed by atoms with Crippen molar-refractivity contribution < 1.29 is 0 Å². The third kappa shape index (κ3) is 9.27. The van der Waals surface area contributed by atoms with Crippen LogP contribution in [0.3, 0.4) is 0 Å². The fourth-order valence-corrected chi connectivity index (χ4v) is 9.65. The molecular formula is C66H56N2. The normalized spacial score (nSPS) is 14.8. The molecule has 1 aliphatic rings. The number of nitrogens with zero attached hydrogens (tertiary/aromatic N) is 2. The van der Waals surface area contributed by atoms with Crippen molar-refractivity contribution in [2.75, 3.05) is 9.80 Å². The Hall–Kier alpha value is -8.20. The van der Waals surface area contributed by atoms with Crippen LogP contribution in [0.15, 0.2) is 273 Å². The first-order chi connectivity index (χ1) is 33.4. The van der Waals surface area contributed by atoms with Gasteiger partial charge in [0.15, 0.2) is 0 Å². The van der Waals surface area contributed by atoms with Gasteiger partial charge in [0.25, 0.3) is 0 Å². The number of rotatable bonds is 13. The first-order valence-electron chi connectivity index (χ1n) is 23.8. The van der Waals surface area contributed by atoms with Crippen LogP contribution in [-0.2, 0) is 0 Å². The number of hydrogen-bond donors (Lipinski definition) is 0. The van der Waals surface area contributed by atoms with E-state index in [1.54, 1.807) is 0 Å². The molecule has 9 aromatic carbocycles. The predicted octanol–water partition coefficient (Wildman–Crippen LogP) is 18.5. The van der Waals surface area contributed by atoms with Crippen LogP contribution in [0.4, 0.5) is 34.1 Å². The summed E-state index contributed by atoms with van der Waals surface area (Å²) in [7, 11) is 0. The molecule has 0 radical (unpaired) electrons. The number of hydrogen-bond acceptors (Lipinski definition) is 2. The van der Waals surface area contributed by atoms with Crippen LogP contribution in [0.25, 0.3) is 33.4 Å². The lowest BCUT2D eigenvalue weighted by Crippen LogP contribution is -2.20. The Kier molecular flexibility index (Phi) is 12.7. The highest BCUT2D eigenvalue weighted by atomic mass is 15.1. The Morgan fingerprint density at radius 1 is 0.368 bits per heavy atom. The molecule has 10 rings (SSSR count). The van der Waals surface area contributed by atoms with Gasteiger partial charge in [-0.05, 0) is 141 Å². The fraction of sp³-hybridized carbons (Fsp3) is 0.0909. The lowest BCUT2D eigenvalue weighted by Gasteiger charge is -2.35. The molecule has 1 aliphatic carbocycles. The highest BCUT2D eigenvalue weighted by Gasteiger charge is 2.32. The van der Waals surface area contributed by atoms with Crippen LogP contribution in [-0.4, -0.2) is 0 Å². The summed E-state index contributed by atoms with van der Waals surface area (Å²) in [5, 5.41) is 0. The third-order valence-corrected chi connectivity index (χ3v) is 13.3. The Morgan fingerprint density at radius 3 is 1.01 bits per heavy atom. The maximum Gasteiger partial charge on any atom is 0.0462 e. The van der Waals surface area contributed by atoms with Gasteiger partial charge in [0.2, 0.25) is 0 Å². The van der Waals surface area contributed by atoms with Gasteiger partial charge in [-0.25, -0.2) is 0 Å². The SMILES string of the molecule is CC(C)C1=CCC(C)(/C(=C(\c2ccccc2)c2ccc(-c3ccc(N(c4ccccc4)c4ccccc4)cc3)cc2)c2ccc(-c3ccc(N(c4ccccc4)c4ccccc4)cc3)cc2)C=C1. The first kappa shape index (κ1) is 43.7. The van der Waals surface area contributed by atoms with E-state index in [1.165, 1.54) is 55.7 Å². The zero-order valence-corrected chi connectivity index (χ0v) is 39.1. The molecule has 330 valence electrons. The molecule has 2 heteroatoms. The van der Waals surface area contributed by atoms with Crippen LogP contribution in [0.2, 0.25) is 0 Å². The molecule has 0 saturated heterocycles. The molecule has 9 aromatic rings. The Labute approximate surface area is 403 Å². The van der Waals surface area contributed by atoms with E-state index in [4.69, 9.17) is 0 Å². The van der Waals surface area contributed by atoms with Gasteiger partial charge in [-0.15, -0.1) is 0 Å². The van der Waals surface area contributed by atoms with Gasteiger partial charge in [-0.1, -0.05) is 215 Å². The summed E-state index contributed by atoms with van der Waals surface area (Å²) in [6.45, 7) is 6.99. The Morgan fingerprint density at radius 2 is 0.676 bits per heavy atom. The van der Waals surface area contributed by atoms with Crippen LogP contribution in [0.5, 0.6) is 0 Å². The first-order valence-corrected chi connectivity index (χ1v) is 23.8. The summed E-state index contributed by atoms with van der Waals surface area (Å²) in [6.07, 6.45) is 8.20. The molecule has 0 fully saturated rings. The average Bonchev–Trinajstić information content (AvgIpc) is 3.40. The second-order valence-electron chi connectivity index (χ2n) is 18.2. The van der Waals surface area contributed by atoms with Crippen molar-refractivity contribution in [3.8, 4) is 22.3 Å². The Balaban J connectivity index is 1.02. The lowest BCUT2D eigenvalue weighted by molar-refractivity contribution is 0.567. The second-order valence-corrected chi connectivity index (χ2v) is 18.2. The van der Waals surface area contributed by atoms with E-state index in [-0.39, 0.29) is 5.41 Å². The van der Waals surface area contributed by atoms with Gasteiger partial charge in [-0.2, -0.15) is 0 Å². The molecule has 68 heavy (non-hydrogen) atoms. The van der Waals surface area contributed by atoms with Gasteiger partial charge in [0.05, 0.1) is 0 Å². The van der Waals surface area contributed by atoms with Gasteiger partial charge in [-0.3, -0.25) is 0 Å². The summed E-state index contributed by atoms with van der Waals surface area (Å²) in [4.78, 5) is 4.61. The summed E-state index contributed by atoms with van der Waals surface area (Å²) >= 11 is 0. The molecule has 0 saturated carbocycles. The van der Waals surface area contributed by atoms with Crippen molar-refractivity contribution in [1.82, 2.24) is 0 Å². The minimum atomic E-state index is -0.261. The molecule has 0 heterocycles. The van der Waals surface area contributed by atoms with Gasteiger partial charge >= 0.3 is 0 Å². The summed E-state index contributed by atoms with van der Waals surface area (Å²) < 4.78 is 0. The highest BCUT2D eigenvalue weighted by molar-refractivity contribution is 6.01. The summed E-state index contributed by atoms with van der Waals surface area (Å²) in [5.74, 6) is 0.469. The van der Waals surface area contributed by atoms with E-state index in [0.717, 1.165) is 40.5 Å². The van der Waals surface area contributed by atoms with E-state index in [1.807, 2.05) is 0 Å². The van der Waals surface area contributed by atoms with E-state index in [0.29, 0.717) is 5.92 Å². The molecule has 1 unspecified atom stereocenters. The lowest BCUT2D eigenvalue weighted by atomic mass is 9.69. The zero-order valence-electron chi connectivity index (χ0n) is 39.1. The monoisotopic (exact) mass is 876 g/mol. The summed E-state index contributed by atoms with van der Waals surface area (Å²) in [5.41, 5.74) is 18.8. The van der Waals surface area contributed by atoms with Crippen LogP contribution in [0.1, 0.15) is 43.9 Å². The van der Waals surface area contributed by atoms with E-state index in [9.17, 15) is 0 Å². The maximum atomic E-state index is 2.46. The van der Waals surface area contributed by atoms with Gasteiger partial charge in [0, 0.05) is 39.5 Å². The van der Waals surface area contributed by atoms with Crippen LogP contribution in [0, 0.1) is 11.3 Å². The molecule has 0 aromatic heterocycles. The quantitative estimate of drug-likeness (QED) is 0.107. The highest BCUT2D eigenvalue weighted by Crippen LogP contribution is 2.49. The van der Waals surface area contributed by atoms with E-state index < -0.39 is 0 Å². The number of benzene rings is 9. The van der Waals surface area contributed by atoms with E-state index in [2.05, 4.69) is 298 Å². The van der Waals surface area contributed by atoms with Crippen molar-refractivity contribution in [2.24, 2.45) is 11.3 Å². The minimum Gasteiger partial charge on any atom is -0.311 e. The van der Waals surface area contributed by atoms with Gasteiger partial charge < -0.3 is 9.80 Å².